The highest BCUT2D eigenvalue weighted by molar-refractivity contribution is 5.35. The van der Waals surface area contributed by atoms with Crippen molar-refractivity contribution in [2.24, 2.45) is 5.73 Å². The van der Waals surface area contributed by atoms with Crippen LogP contribution in [0.4, 0.5) is 4.39 Å². The van der Waals surface area contributed by atoms with Crippen molar-refractivity contribution in [1.82, 2.24) is 0 Å². The molecule has 0 unspecified atom stereocenters. The second-order valence-electron chi connectivity index (χ2n) is 2.97. The molecule has 0 saturated carbocycles. The zero-order valence-electron chi connectivity index (χ0n) is 7.24. The molecule has 0 radical (unpaired) electrons. The number of aliphatic hydroxyl groups is 1. The van der Waals surface area contributed by atoms with Crippen molar-refractivity contribution in [3.05, 3.63) is 29.6 Å². The molecule has 72 valence electrons. The number of rotatable bonds is 2. The number of hydrogen-bond acceptors (Lipinski definition) is 3. The van der Waals surface area contributed by atoms with Gasteiger partial charge >= 0.3 is 0 Å². The Morgan fingerprint density at radius 3 is 2.54 bits per heavy atom. The summed E-state index contributed by atoms with van der Waals surface area (Å²) in [4.78, 5) is 0. The Bertz CT molecular complexity index is 302. The largest absolute Gasteiger partial charge is 0.508 e. The molecule has 3 nitrogen and oxygen atoms in total. The van der Waals surface area contributed by atoms with E-state index in [1.807, 2.05) is 0 Å². The lowest BCUT2D eigenvalue weighted by Crippen LogP contribution is -2.23. The number of halogens is 1. The van der Waals surface area contributed by atoms with Crippen molar-refractivity contribution in [2.75, 3.05) is 0 Å². The normalized spacial score (nSPS) is 15.4. The summed E-state index contributed by atoms with van der Waals surface area (Å²) in [5.41, 5.74) is 5.90. The van der Waals surface area contributed by atoms with Crippen LogP contribution in [0, 0.1) is 5.82 Å². The van der Waals surface area contributed by atoms with Crippen molar-refractivity contribution in [2.45, 2.75) is 19.1 Å². The van der Waals surface area contributed by atoms with E-state index in [2.05, 4.69) is 0 Å². The molecule has 13 heavy (non-hydrogen) atoms. The molecule has 4 heteroatoms. The van der Waals surface area contributed by atoms with Gasteiger partial charge in [0.2, 0.25) is 0 Å². The van der Waals surface area contributed by atoms with Crippen LogP contribution in [0.2, 0.25) is 0 Å². The maximum Gasteiger partial charge on any atom is 0.126 e. The molecular formula is C9H12FNO2. The van der Waals surface area contributed by atoms with Crippen molar-refractivity contribution >= 4 is 0 Å². The van der Waals surface area contributed by atoms with Crippen LogP contribution < -0.4 is 5.73 Å². The van der Waals surface area contributed by atoms with Crippen LogP contribution in [-0.2, 0) is 0 Å². The van der Waals surface area contributed by atoms with Crippen molar-refractivity contribution in [3.8, 4) is 5.75 Å². The Labute approximate surface area is 75.6 Å². The molecule has 0 amide bonds. The van der Waals surface area contributed by atoms with E-state index in [-0.39, 0.29) is 5.75 Å². The molecule has 0 aromatic heterocycles. The monoisotopic (exact) mass is 185 g/mol. The smallest absolute Gasteiger partial charge is 0.126 e. The highest BCUT2D eigenvalue weighted by Gasteiger charge is 2.15. The maximum atomic E-state index is 12.5. The third kappa shape index (κ3) is 2.17. The molecule has 4 N–H and O–H groups in total. The van der Waals surface area contributed by atoms with Gasteiger partial charge in [0.25, 0.3) is 0 Å². The molecular weight excluding hydrogens is 173 g/mol. The lowest BCUT2D eigenvalue weighted by Gasteiger charge is -2.16. The first-order valence-electron chi connectivity index (χ1n) is 3.94. The molecule has 2 atom stereocenters. The zero-order valence-corrected chi connectivity index (χ0v) is 7.24. The fraction of sp³-hybridized carbons (Fsp3) is 0.333. The number of benzene rings is 1. The van der Waals surface area contributed by atoms with E-state index in [1.54, 1.807) is 0 Å². The Hall–Kier alpha value is -1.13. The predicted molar refractivity (Wildman–Crippen MR) is 46.7 cm³/mol. The maximum absolute atomic E-state index is 12.5. The van der Waals surface area contributed by atoms with Crippen molar-refractivity contribution < 1.29 is 14.6 Å². The van der Waals surface area contributed by atoms with Gasteiger partial charge in [0.05, 0.1) is 12.1 Å². The van der Waals surface area contributed by atoms with Gasteiger partial charge in [-0.05, 0) is 13.0 Å². The minimum atomic E-state index is -0.781. The summed E-state index contributed by atoms with van der Waals surface area (Å²) in [5, 5.41) is 18.4. The molecule has 0 aliphatic carbocycles. The quantitative estimate of drug-likeness (QED) is 0.641. The summed E-state index contributed by atoms with van der Waals surface area (Å²) in [5.74, 6) is -0.757. The van der Waals surface area contributed by atoms with Crippen molar-refractivity contribution in [3.63, 3.8) is 0 Å². The lowest BCUT2D eigenvalue weighted by molar-refractivity contribution is 0.162. The van der Waals surface area contributed by atoms with Gasteiger partial charge in [0.1, 0.15) is 11.6 Å². The van der Waals surface area contributed by atoms with E-state index >= 15 is 0 Å². The van der Waals surface area contributed by atoms with Crippen LogP contribution in [0.1, 0.15) is 18.5 Å². The van der Waals surface area contributed by atoms with E-state index < -0.39 is 18.0 Å². The number of nitrogens with two attached hydrogens (primary N) is 1. The number of hydrogen-bond donors (Lipinski definition) is 3. The molecule has 0 aliphatic heterocycles. The first-order valence-corrected chi connectivity index (χ1v) is 3.94. The van der Waals surface area contributed by atoms with E-state index in [4.69, 9.17) is 10.8 Å². The molecule has 1 aromatic rings. The topological polar surface area (TPSA) is 66.5 Å². The second-order valence-corrected chi connectivity index (χ2v) is 2.97. The van der Waals surface area contributed by atoms with Gasteiger partial charge in [0, 0.05) is 11.6 Å². The molecule has 0 spiro atoms. The van der Waals surface area contributed by atoms with Crippen LogP contribution in [0.5, 0.6) is 5.75 Å². The van der Waals surface area contributed by atoms with Gasteiger partial charge in [0.15, 0.2) is 0 Å². The molecule has 1 aromatic carbocycles. The van der Waals surface area contributed by atoms with Crippen LogP contribution in [0.25, 0.3) is 0 Å². The highest BCUT2D eigenvalue weighted by Crippen LogP contribution is 2.25. The second kappa shape index (κ2) is 3.72. The highest BCUT2D eigenvalue weighted by atomic mass is 19.1. The van der Waals surface area contributed by atoms with Crippen LogP contribution in [0.15, 0.2) is 18.2 Å². The number of aliphatic hydroxyl groups excluding tert-OH is 1. The molecule has 0 fully saturated rings. The molecule has 0 heterocycles. The molecule has 1 rings (SSSR count). The van der Waals surface area contributed by atoms with Gasteiger partial charge < -0.3 is 15.9 Å². The van der Waals surface area contributed by atoms with Crippen LogP contribution >= 0.6 is 0 Å². The Balaban J connectivity index is 3.01. The summed E-state index contributed by atoms with van der Waals surface area (Å²) in [6.45, 7) is 1.51. The summed E-state index contributed by atoms with van der Waals surface area (Å²) >= 11 is 0. The van der Waals surface area contributed by atoms with Gasteiger partial charge in [-0.3, -0.25) is 0 Å². The summed E-state index contributed by atoms with van der Waals surface area (Å²) in [7, 11) is 0. The minimum absolute atomic E-state index is 0.228. The Kier molecular flexibility index (Phi) is 2.85. The zero-order chi connectivity index (χ0) is 10.0. The van der Waals surface area contributed by atoms with Gasteiger partial charge in [-0.15, -0.1) is 0 Å². The standard InChI is InChI=1S/C9H12FNO2/c1-5(12)9(11)7-3-2-6(10)4-8(7)13/h2-5,9,12-13H,11H2,1H3/t5-,9-/m1/s1. The Morgan fingerprint density at radius 2 is 2.08 bits per heavy atom. The third-order valence-electron chi connectivity index (χ3n) is 1.87. The summed E-state index contributed by atoms with van der Waals surface area (Å²) in [6, 6.07) is 2.83. The number of phenols is 1. The average molecular weight is 185 g/mol. The fourth-order valence-electron chi connectivity index (χ4n) is 1.06. The Morgan fingerprint density at radius 1 is 1.46 bits per heavy atom. The van der Waals surface area contributed by atoms with Crippen molar-refractivity contribution in [1.29, 1.82) is 0 Å². The first-order chi connectivity index (χ1) is 6.02. The number of phenolic OH excluding ortho intramolecular Hbond substituents is 1. The van der Waals surface area contributed by atoms with Gasteiger partial charge in [-0.25, -0.2) is 4.39 Å². The summed E-state index contributed by atoms with van der Waals surface area (Å²) in [6.07, 6.45) is -0.781. The van der Waals surface area contributed by atoms with E-state index in [0.29, 0.717) is 5.56 Å². The van der Waals surface area contributed by atoms with Gasteiger partial charge in [-0.2, -0.15) is 0 Å². The van der Waals surface area contributed by atoms with E-state index in [9.17, 15) is 9.50 Å². The average Bonchev–Trinajstić information content (AvgIpc) is 2.03. The SMILES string of the molecule is C[C@@H](O)[C@@H](N)c1ccc(F)cc1O. The lowest BCUT2D eigenvalue weighted by atomic mass is 10.0. The number of aromatic hydroxyl groups is 1. The predicted octanol–water partition coefficient (Wildman–Crippen LogP) is 0.912. The molecule has 0 aliphatic rings. The minimum Gasteiger partial charge on any atom is -0.508 e. The first kappa shape index (κ1) is 9.95. The molecule has 0 bridgehead atoms. The van der Waals surface area contributed by atoms with E-state index in [1.165, 1.54) is 19.1 Å². The third-order valence-corrected chi connectivity index (χ3v) is 1.87. The van der Waals surface area contributed by atoms with Gasteiger partial charge in [-0.1, -0.05) is 6.07 Å². The van der Waals surface area contributed by atoms with Crippen LogP contribution in [-0.4, -0.2) is 16.3 Å². The summed E-state index contributed by atoms with van der Waals surface area (Å²) < 4.78 is 12.5. The van der Waals surface area contributed by atoms with E-state index in [0.717, 1.165) is 6.07 Å². The van der Waals surface area contributed by atoms with Crippen LogP contribution in [0.3, 0.4) is 0 Å². The molecule has 0 saturated heterocycles. The fourth-order valence-corrected chi connectivity index (χ4v) is 1.06.